The molecule has 0 bridgehead atoms. The standard InChI is InChI=1S/C21H24BrNO2/c22-15-16-25-19-11-9-18(10-12-19)23-20(24)21(13-5-2-6-14-21)17-7-3-1-4-8-17/h1,3-4,7-12H,2,5-6,13-16H2,(H,23,24). The quantitative estimate of drug-likeness (QED) is 0.666. The monoisotopic (exact) mass is 401 g/mol. The smallest absolute Gasteiger partial charge is 0.235 e. The van der Waals surface area contributed by atoms with Gasteiger partial charge in [-0.1, -0.05) is 65.5 Å². The molecule has 0 spiro atoms. The predicted octanol–water partition coefficient (Wildman–Crippen LogP) is 5.30. The number of halogens is 1. The van der Waals surface area contributed by atoms with Gasteiger partial charge in [-0.3, -0.25) is 4.79 Å². The Labute approximate surface area is 157 Å². The Morgan fingerprint density at radius 2 is 1.68 bits per heavy atom. The second-order valence-corrected chi connectivity index (χ2v) is 7.32. The van der Waals surface area contributed by atoms with Crippen molar-refractivity contribution < 1.29 is 9.53 Å². The molecule has 1 N–H and O–H groups in total. The van der Waals surface area contributed by atoms with E-state index in [0.717, 1.165) is 48.0 Å². The summed E-state index contributed by atoms with van der Waals surface area (Å²) in [5.74, 6) is 0.917. The van der Waals surface area contributed by atoms with Gasteiger partial charge in [-0.15, -0.1) is 0 Å². The van der Waals surface area contributed by atoms with Gasteiger partial charge in [0.1, 0.15) is 5.75 Å². The van der Waals surface area contributed by atoms with Crippen molar-refractivity contribution in [2.24, 2.45) is 0 Å². The maximum Gasteiger partial charge on any atom is 0.235 e. The van der Waals surface area contributed by atoms with Crippen molar-refractivity contribution in [2.45, 2.75) is 37.5 Å². The fourth-order valence-electron chi connectivity index (χ4n) is 3.60. The molecule has 3 nitrogen and oxygen atoms in total. The number of carbonyl (C=O) groups excluding carboxylic acids is 1. The van der Waals surface area contributed by atoms with Gasteiger partial charge in [-0.25, -0.2) is 0 Å². The predicted molar refractivity (Wildman–Crippen MR) is 106 cm³/mol. The Hall–Kier alpha value is -1.81. The van der Waals surface area contributed by atoms with Crippen molar-refractivity contribution in [2.75, 3.05) is 17.3 Å². The summed E-state index contributed by atoms with van der Waals surface area (Å²) >= 11 is 3.34. The molecule has 0 atom stereocenters. The lowest BCUT2D eigenvalue weighted by Crippen LogP contribution is -2.42. The highest BCUT2D eigenvalue weighted by molar-refractivity contribution is 9.09. The van der Waals surface area contributed by atoms with Crippen LogP contribution in [-0.4, -0.2) is 17.8 Å². The fourth-order valence-corrected chi connectivity index (χ4v) is 3.76. The minimum Gasteiger partial charge on any atom is -0.493 e. The molecule has 4 heteroatoms. The maximum atomic E-state index is 13.2. The number of carbonyl (C=O) groups is 1. The maximum absolute atomic E-state index is 13.2. The number of alkyl halides is 1. The number of amides is 1. The zero-order valence-corrected chi connectivity index (χ0v) is 15.9. The van der Waals surface area contributed by atoms with Gasteiger partial charge in [0, 0.05) is 11.0 Å². The van der Waals surface area contributed by atoms with Crippen LogP contribution in [-0.2, 0) is 10.2 Å². The van der Waals surface area contributed by atoms with Gasteiger partial charge in [0.15, 0.2) is 0 Å². The summed E-state index contributed by atoms with van der Waals surface area (Å²) in [7, 11) is 0. The number of hydrogen-bond acceptors (Lipinski definition) is 2. The molecule has 1 amide bonds. The van der Waals surface area contributed by atoms with Crippen molar-refractivity contribution in [1.82, 2.24) is 0 Å². The van der Waals surface area contributed by atoms with Crippen molar-refractivity contribution in [1.29, 1.82) is 0 Å². The van der Waals surface area contributed by atoms with Crippen LogP contribution in [0.3, 0.4) is 0 Å². The molecule has 1 aliphatic rings. The molecule has 1 aliphatic carbocycles. The average Bonchev–Trinajstić information content (AvgIpc) is 2.68. The van der Waals surface area contributed by atoms with E-state index in [9.17, 15) is 4.79 Å². The molecule has 3 rings (SSSR count). The normalized spacial score (nSPS) is 16.2. The van der Waals surface area contributed by atoms with E-state index in [-0.39, 0.29) is 5.91 Å². The van der Waals surface area contributed by atoms with E-state index in [1.54, 1.807) is 0 Å². The molecule has 25 heavy (non-hydrogen) atoms. The van der Waals surface area contributed by atoms with Crippen molar-refractivity contribution in [3.05, 3.63) is 60.2 Å². The Kier molecular flexibility index (Phi) is 6.14. The lowest BCUT2D eigenvalue weighted by atomic mass is 9.68. The zero-order valence-electron chi connectivity index (χ0n) is 14.3. The third kappa shape index (κ3) is 4.24. The van der Waals surface area contributed by atoms with Crippen molar-refractivity contribution in [3.63, 3.8) is 0 Å². The van der Waals surface area contributed by atoms with Gasteiger partial charge in [-0.2, -0.15) is 0 Å². The highest BCUT2D eigenvalue weighted by Gasteiger charge is 2.40. The zero-order chi connectivity index (χ0) is 17.5. The van der Waals surface area contributed by atoms with Gasteiger partial charge >= 0.3 is 0 Å². The van der Waals surface area contributed by atoms with Crippen molar-refractivity contribution >= 4 is 27.5 Å². The summed E-state index contributed by atoms with van der Waals surface area (Å²) in [6.45, 7) is 0.628. The fraction of sp³-hybridized carbons (Fsp3) is 0.381. The molecule has 0 heterocycles. The lowest BCUT2D eigenvalue weighted by Gasteiger charge is -2.36. The first-order chi connectivity index (χ1) is 12.2. The molecular formula is C21H24BrNO2. The van der Waals surface area contributed by atoms with Gasteiger partial charge in [0.25, 0.3) is 0 Å². The van der Waals surface area contributed by atoms with E-state index in [2.05, 4.69) is 33.4 Å². The Morgan fingerprint density at radius 1 is 1.00 bits per heavy atom. The summed E-state index contributed by atoms with van der Waals surface area (Å²) in [6, 6.07) is 17.8. The molecule has 0 aromatic heterocycles. The van der Waals surface area contributed by atoms with Crippen LogP contribution in [0, 0.1) is 0 Å². The molecule has 132 valence electrons. The van der Waals surface area contributed by atoms with Crippen LogP contribution < -0.4 is 10.1 Å². The highest BCUT2D eigenvalue weighted by Crippen LogP contribution is 2.40. The van der Waals surface area contributed by atoms with Gasteiger partial charge in [0.2, 0.25) is 5.91 Å². The minimum atomic E-state index is -0.412. The van der Waals surface area contributed by atoms with E-state index in [0.29, 0.717) is 6.61 Å². The molecule has 0 unspecified atom stereocenters. The van der Waals surface area contributed by atoms with Crippen molar-refractivity contribution in [3.8, 4) is 5.75 Å². The van der Waals surface area contributed by atoms with Crippen LogP contribution in [0.2, 0.25) is 0 Å². The summed E-state index contributed by atoms with van der Waals surface area (Å²) in [5.41, 5.74) is 1.53. The van der Waals surface area contributed by atoms with Gasteiger partial charge in [0.05, 0.1) is 12.0 Å². The SMILES string of the molecule is O=C(Nc1ccc(OCCBr)cc1)C1(c2ccccc2)CCCCC1. The molecular weight excluding hydrogens is 378 g/mol. The molecule has 1 fully saturated rings. The first-order valence-corrected chi connectivity index (χ1v) is 10.0. The van der Waals surface area contributed by atoms with Crippen LogP contribution in [0.25, 0.3) is 0 Å². The van der Waals surface area contributed by atoms with E-state index in [1.165, 1.54) is 6.42 Å². The summed E-state index contributed by atoms with van der Waals surface area (Å²) in [5, 5.41) is 3.93. The summed E-state index contributed by atoms with van der Waals surface area (Å²) in [4.78, 5) is 13.2. The van der Waals surface area contributed by atoms with E-state index in [4.69, 9.17) is 4.74 Å². The molecule has 2 aromatic rings. The third-order valence-corrected chi connectivity index (χ3v) is 5.25. The molecule has 0 aliphatic heterocycles. The first-order valence-electron chi connectivity index (χ1n) is 8.90. The van der Waals surface area contributed by atoms with E-state index in [1.807, 2.05) is 42.5 Å². The van der Waals surface area contributed by atoms with Gasteiger partial charge in [-0.05, 0) is 42.7 Å². The van der Waals surface area contributed by atoms with Crippen LogP contribution in [0.15, 0.2) is 54.6 Å². The third-order valence-electron chi connectivity index (χ3n) is 4.93. The van der Waals surface area contributed by atoms with E-state index < -0.39 is 5.41 Å². The van der Waals surface area contributed by atoms with Crippen LogP contribution in [0.1, 0.15) is 37.7 Å². The number of anilines is 1. The Balaban J connectivity index is 1.77. The van der Waals surface area contributed by atoms with Gasteiger partial charge < -0.3 is 10.1 Å². The Morgan fingerprint density at radius 3 is 2.32 bits per heavy atom. The number of rotatable bonds is 6. The molecule has 1 saturated carbocycles. The first kappa shape index (κ1) is 18.0. The van der Waals surface area contributed by atoms with E-state index >= 15 is 0 Å². The average molecular weight is 402 g/mol. The summed E-state index contributed by atoms with van der Waals surface area (Å²) in [6.07, 6.45) is 5.23. The Bertz CT molecular complexity index is 679. The molecule has 0 radical (unpaired) electrons. The topological polar surface area (TPSA) is 38.3 Å². The summed E-state index contributed by atoms with van der Waals surface area (Å²) < 4.78 is 5.56. The highest BCUT2D eigenvalue weighted by atomic mass is 79.9. The minimum absolute atomic E-state index is 0.104. The van der Waals surface area contributed by atoms with Crippen LogP contribution >= 0.6 is 15.9 Å². The van der Waals surface area contributed by atoms with Crippen LogP contribution in [0.4, 0.5) is 5.69 Å². The second kappa shape index (κ2) is 8.52. The molecule has 0 saturated heterocycles. The number of hydrogen-bond donors (Lipinski definition) is 1. The largest absolute Gasteiger partial charge is 0.493 e. The number of ether oxygens (including phenoxy) is 1. The molecule has 2 aromatic carbocycles. The second-order valence-electron chi connectivity index (χ2n) is 6.52. The number of nitrogens with one attached hydrogen (secondary N) is 1. The lowest BCUT2D eigenvalue weighted by molar-refractivity contribution is -0.122. The van der Waals surface area contributed by atoms with Crippen LogP contribution in [0.5, 0.6) is 5.75 Å². The number of benzene rings is 2.